The van der Waals surface area contributed by atoms with Gasteiger partial charge in [-0.1, -0.05) is 6.07 Å². The first-order valence-electron chi connectivity index (χ1n) is 5.22. The van der Waals surface area contributed by atoms with Gasteiger partial charge in [0, 0.05) is 13.2 Å². The van der Waals surface area contributed by atoms with Crippen molar-refractivity contribution in [3.05, 3.63) is 29.6 Å². The molecule has 0 amide bonds. The lowest BCUT2D eigenvalue weighted by atomic mass is 10.2. The number of benzene rings is 1. The van der Waals surface area contributed by atoms with Gasteiger partial charge in [0.1, 0.15) is 18.2 Å². The van der Waals surface area contributed by atoms with Crippen molar-refractivity contribution in [2.75, 3.05) is 27.4 Å². The molecule has 0 heterocycles. The van der Waals surface area contributed by atoms with Crippen molar-refractivity contribution < 1.29 is 13.9 Å². The van der Waals surface area contributed by atoms with Gasteiger partial charge in [-0.15, -0.1) is 0 Å². The van der Waals surface area contributed by atoms with Gasteiger partial charge < -0.3 is 14.8 Å². The molecule has 0 saturated carbocycles. The molecule has 0 aliphatic heterocycles. The molecule has 1 atom stereocenters. The van der Waals surface area contributed by atoms with Crippen LogP contribution in [0.1, 0.15) is 5.56 Å². The van der Waals surface area contributed by atoms with Crippen LogP contribution in [0.15, 0.2) is 18.2 Å². The first-order valence-corrected chi connectivity index (χ1v) is 5.22. The smallest absolute Gasteiger partial charge is 0.129 e. The maximum atomic E-state index is 13.2. The summed E-state index contributed by atoms with van der Waals surface area (Å²) in [4.78, 5) is 0. The third-order valence-corrected chi connectivity index (χ3v) is 2.37. The van der Waals surface area contributed by atoms with Gasteiger partial charge in [-0.05, 0) is 25.6 Å². The summed E-state index contributed by atoms with van der Waals surface area (Å²) in [6.07, 6.45) is 0. The Kier molecular flexibility index (Phi) is 5.22. The zero-order valence-corrected chi connectivity index (χ0v) is 9.92. The van der Waals surface area contributed by atoms with Crippen molar-refractivity contribution in [2.45, 2.75) is 13.0 Å². The zero-order valence-electron chi connectivity index (χ0n) is 9.92. The van der Waals surface area contributed by atoms with Gasteiger partial charge in [0.15, 0.2) is 0 Å². The minimum Gasteiger partial charge on any atom is -0.492 e. The van der Waals surface area contributed by atoms with Crippen molar-refractivity contribution >= 4 is 0 Å². The summed E-state index contributed by atoms with van der Waals surface area (Å²) in [5.41, 5.74) is 0.620. The summed E-state index contributed by atoms with van der Waals surface area (Å²) in [5, 5.41) is 3.06. The van der Waals surface area contributed by atoms with Gasteiger partial charge in [-0.3, -0.25) is 0 Å². The first-order chi connectivity index (χ1) is 7.67. The lowest BCUT2D eigenvalue weighted by molar-refractivity contribution is 0.140. The van der Waals surface area contributed by atoms with E-state index < -0.39 is 0 Å². The van der Waals surface area contributed by atoms with Crippen molar-refractivity contribution in [1.82, 2.24) is 5.32 Å². The van der Waals surface area contributed by atoms with E-state index in [-0.39, 0.29) is 11.9 Å². The van der Waals surface area contributed by atoms with Gasteiger partial charge in [0.05, 0.1) is 12.6 Å². The lowest BCUT2D eigenvalue weighted by Gasteiger charge is -2.16. The standard InChI is InChI=1S/C12H18FNO2/c1-9-4-5-11(6-12(9)13)16-8-10(14-2)7-15-3/h4-6,10,14H,7-8H2,1-3H3. The van der Waals surface area contributed by atoms with E-state index >= 15 is 0 Å². The summed E-state index contributed by atoms with van der Waals surface area (Å²) >= 11 is 0. The molecule has 1 unspecified atom stereocenters. The van der Waals surface area contributed by atoms with Crippen LogP contribution in [0.2, 0.25) is 0 Å². The summed E-state index contributed by atoms with van der Waals surface area (Å²) in [6.45, 7) is 2.73. The highest BCUT2D eigenvalue weighted by molar-refractivity contribution is 5.27. The molecule has 1 N–H and O–H groups in total. The van der Waals surface area contributed by atoms with Gasteiger partial charge >= 0.3 is 0 Å². The van der Waals surface area contributed by atoms with Crippen LogP contribution in [0.5, 0.6) is 5.75 Å². The Hall–Kier alpha value is -1.13. The van der Waals surface area contributed by atoms with E-state index in [1.54, 1.807) is 26.2 Å². The topological polar surface area (TPSA) is 30.5 Å². The Morgan fingerprint density at radius 1 is 1.38 bits per heavy atom. The number of hydrogen-bond acceptors (Lipinski definition) is 3. The number of ether oxygens (including phenoxy) is 2. The van der Waals surface area contributed by atoms with Crippen molar-refractivity contribution in [3.63, 3.8) is 0 Å². The van der Waals surface area contributed by atoms with Crippen molar-refractivity contribution in [1.29, 1.82) is 0 Å². The van der Waals surface area contributed by atoms with Gasteiger partial charge in [0.2, 0.25) is 0 Å². The number of rotatable bonds is 6. The van der Waals surface area contributed by atoms with Gasteiger partial charge in [-0.25, -0.2) is 4.39 Å². The second-order valence-corrected chi connectivity index (χ2v) is 3.66. The normalized spacial score (nSPS) is 12.5. The average Bonchev–Trinajstić information content (AvgIpc) is 2.28. The fourth-order valence-corrected chi connectivity index (χ4v) is 1.28. The van der Waals surface area contributed by atoms with E-state index in [1.165, 1.54) is 6.07 Å². The highest BCUT2D eigenvalue weighted by atomic mass is 19.1. The predicted molar refractivity (Wildman–Crippen MR) is 61.4 cm³/mol. The number of likely N-dealkylation sites (N-methyl/N-ethyl adjacent to an activating group) is 1. The summed E-state index contributed by atoms with van der Waals surface area (Å²) < 4.78 is 23.7. The van der Waals surface area contributed by atoms with Crippen LogP contribution in [0.3, 0.4) is 0 Å². The van der Waals surface area contributed by atoms with E-state index in [0.29, 0.717) is 24.5 Å². The summed E-state index contributed by atoms with van der Waals surface area (Å²) in [6, 6.07) is 4.97. The molecule has 16 heavy (non-hydrogen) atoms. The van der Waals surface area contributed by atoms with E-state index in [2.05, 4.69) is 5.32 Å². The Balaban J connectivity index is 2.50. The van der Waals surface area contributed by atoms with E-state index in [0.717, 1.165) is 0 Å². The van der Waals surface area contributed by atoms with Gasteiger partial charge in [-0.2, -0.15) is 0 Å². The quantitative estimate of drug-likeness (QED) is 0.803. The van der Waals surface area contributed by atoms with Crippen LogP contribution in [-0.2, 0) is 4.74 Å². The molecule has 0 spiro atoms. The minimum atomic E-state index is -0.245. The molecule has 3 nitrogen and oxygen atoms in total. The fourth-order valence-electron chi connectivity index (χ4n) is 1.28. The van der Waals surface area contributed by atoms with E-state index in [4.69, 9.17) is 9.47 Å². The fraction of sp³-hybridized carbons (Fsp3) is 0.500. The average molecular weight is 227 g/mol. The molecule has 0 fully saturated rings. The molecular weight excluding hydrogens is 209 g/mol. The van der Waals surface area contributed by atoms with Crippen LogP contribution >= 0.6 is 0 Å². The maximum absolute atomic E-state index is 13.2. The van der Waals surface area contributed by atoms with Gasteiger partial charge in [0.25, 0.3) is 0 Å². The van der Waals surface area contributed by atoms with Crippen LogP contribution in [-0.4, -0.2) is 33.4 Å². The second kappa shape index (κ2) is 6.45. The highest BCUT2D eigenvalue weighted by Gasteiger charge is 2.07. The highest BCUT2D eigenvalue weighted by Crippen LogP contribution is 2.15. The maximum Gasteiger partial charge on any atom is 0.129 e. The third kappa shape index (κ3) is 3.79. The Bertz CT molecular complexity index is 331. The van der Waals surface area contributed by atoms with Crippen LogP contribution < -0.4 is 10.1 Å². The monoisotopic (exact) mass is 227 g/mol. The molecule has 0 aliphatic carbocycles. The van der Waals surface area contributed by atoms with Crippen molar-refractivity contribution in [3.8, 4) is 5.75 Å². The molecule has 1 aromatic carbocycles. The largest absolute Gasteiger partial charge is 0.492 e. The molecule has 4 heteroatoms. The molecule has 0 bridgehead atoms. The van der Waals surface area contributed by atoms with E-state index in [1.807, 2.05) is 7.05 Å². The molecular formula is C12H18FNO2. The number of methoxy groups -OCH3 is 1. The SMILES string of the molecule is CNC(COC)COc1ccc(C)c(F)c1. The number of nitrogens with one attached hydrogen (secondary N) is 1. The second-order valence-electron chi connectivity index (χ2n) is 3.66. The number of halogens is 1. The molecule has 0 saturated heterocycles. The Labute approximate surface area is 95.6 Å². The lowest BCUT2D eigenvalue weighted by Crippen LogP contribution is -2.35. The molecule has 0 radical (unpaired) electrons. The Morgan fingerprint density at radius 3 is 2.69 bits per heavy atom. The minimum absolute atomic E-state index is 0.106. The van der Waals surface area contributed by atoms with E-state index in [9.17, 15) is 4.39 Å². The zero-order chi connectivity index (χ0) is 12.0. The third-order valence-electron chi connectivity index (χ3n) is 2.37. The molecule has 0 aliphatic rings. The number of hydrogen-bond donors (Lipinski definition) is 1. The van der Waals surface area contributed by atoms with Crippen LogP contribution in [0, 0.1) is 12.7 Å². The van der Waals surface area contributed by atoms with Crippen LogP contribution in [0.25, 0.3) is 0 Å². The van der Waals surface area contributed by atoms with Crippen molar-refractivity contribution in [2.24, 2.45) is 0 Å². The molecule has 90 valence electrons. The molecule has 1 aromatic rings. The predicted octanol–water partition coefficient (Wildman–Crippen LogP) is 1.75. The summed E-state index contributed by atoms with van der Waals surface area (Å²) in [5.74, 6) is 0.296. The molecule has 1 rings (SSSR count). The Morgan fingerprint density at radius 2 is 2.12 bits per heavy atom. The summed E-state index contributed by atoms with van der Waals surface area (Å²) in [7, 11) is 3.47. The molecule has 0 aromatic heterocycles. The first kappa shape index (κ1) is 12.9. The van der Waals surface area contributed by atoms with Crippen LogP contribution in [0.4, 0.5) is 4.39 Å². The number of aryl methyl sites for hydroxylation is 1.